The molecule has 1 unspecified atom stereocenters. The van der Waals surface area contributed by atoms with Crippen molar-refractivity contribution in [3.8, 4) is 0 Å². The third kappa shape index (κ3) is 3.24. The average Bonchev–Trinajstić information content (AvgIpc) is 2.89. The predicted octanol–water partition coefficient (Wildman–Crippen LogP) is 3.82. The second-order valence-electron chi connectivity index (χ2n) is 4.76. The molecule has 1 atom stereocenters. The third-order valence-electron chi connectivity index (χ3n) is 3.41. The van der Waals surface area contributed by atoms with Crippen molar-refractivity contribution >= 4 is 11.3 Å². The minimum atomic E-state index is 0.103. The van der Waals surface area contributed by atoms with Crippen LogP contribution in [0.2, 0.25) is 0 Å². The number of hydrogen-bond donors (Lipinski definition) is 2. The van der Waals surface area contributed by atoms with Crippen LogP contribution in [-0.2, 0) is 12.8 Å². The van der Waals surface area contributed by atoms with Gasteiger partial charge in [0.25, 0.3) is 0 Å². The Morgan fingerprint density at radius 2 is 2.11 bits per heavy atom. The number of thiophene rings is 1. The van der Waals surface area contributed by atoms with Crippen LogP contribution >= 0.6 is 11.3 Å². The number of rotatable bonds is 6. The zero-order chi connectivity index (χ0) is 13.7. The molecule has 0 aliphatic heterocycles. The second kappa shape index (κ2) is 6.85. The molecular weight excluding hydrogens is 252 g/mol. The lowest BCUT2D eigenvalue weighted by molar-refractivity contribution is 0.641. The molecule has 1 aromatic carbocycles. The van der Waals surface area contributed by atoms with Gasteiger partial charge in [-0.1, -0.05) is 44.5 Å². The molecule has 0 aliphatic carbocycles. The smallest absolute Gasteiger partial charge is 0.0805 e. The topological polar surface area (TPSA) is 38.0 Å². The summed E-state index contributed by atoms with van der Waals surface area (Å²) >= 11 is 1.78. The number of nitrogens with two attached hydrogens (primary N) is 1. The van der Waals surface area contributed by atoms with Crippen molar-refractivity contribution in [3.05, 3.63) is 57.3 Å². The van der Waals surface area contributed by atoms with Crippen molar-refractivity contribution in [2.24, 2.45) is 5.84 Å². The summed E-state index contributed by atoms with van der Waals surface area (Å²) in [6.45, 7) is 4.40. The van der Waals surface area contributed by atoms with Gasteiger partial charge in [0, 0.05) is 4.88 Å². The fraction of sp³-hybridized carbons (Fsp3) is 0.375. The van der Waals surface area contributed by atoms with Crippen molar-refractivity contribution < 1.29 is 0 Å². The fourth-order valence-electron chi connectivity index (χ4n) is 2.43. The van der Waals surface area contributed by atoms with Crippen LogP contribution in [0.1, 0.15) is 47.9 Å². The van der Waals surface area contributed by atoms with Crippen LogP contribution < -0.4 is 11.3 Å². The number of benzene rings is 1. The van der Waals surface area contributed by atoms with Crippen molar-refractivity contribution in [2.75, 3.05) is 0 Å². The van der Waals surface area contributed by atoms with E-state index in [1.54, 1.807) is 11.3 Å². The number of hydrogen-bond acceptors (Lipinski definition) is 3. The molecule has 0 saturated carbocycles. The van der Waals surface area contributed by atoms with Crippen LogP contribution in [0.3, 0.4) is 0 Å². The molecule has 0 spiro atoms. The lowest BCUT2D eigenvalue weighted by Crippen LogP contribution is -2.28. The Labute approximate surface area is 119 Å². The third-order valence-corrected chi connectivity index (χ3v) is 4.44. The van der Waals surface area contributed by atoms with Crippen molar-refractivity contribution in [1.82, 2.24) is 5.43 Å². The maximum Gasteiger partial charge on any atom is 0.0805 e. The molecule has 0 saturated heterocycles. The van der Waals surface area contributed by atoms with Gasteiger partial charge >= 0.3 is 0 Å². The van der Waals surface area contributed by atoms with E-state index in [-0.39, 0.29) is 6.04 Å². The monoisotopic (exact) mass is 274 g/mol. The summed E-state index contributed by atoms with van der Waals surface area (Å²) in [5.41, 5.74) is 7.00. The summed E-state index contributed by atoms with van der Waals surface area (Å²) in [4.78, 5) is 1.33. The Morgan fingerprint density at radius 3 is 2.79 bits per heavy atom. The van der Waals surface area contributed by atoms with E-state index in [2.05, 4.69) is 55.0 Å². The Bertz CT molecular complexity index is 519. The number of aryl methyl sites for hydroxylation is 2. The van der Waals surface area contributed by atoms with E-state index in [0.29, 0.717) is 0 Å². The summed E-state index contributed by atoms with van der Waals surface area (Å²) in [7, 11) is 0. The summed E-state index contributed by atoms with van der Waals surface area (Å²) < 4.78 is 0. The summed E-state index contributed by atoms with van der Waals surface area (Å²) in [6, 6.07) is 11.0. The zero-order valence-corrected chi connectivity index (χ0v) is 12.5. The molecule has 102 valence electrons. The van der Waals surface area contributed by atoms with Gasteiger partial charge in [-0.3, -0.25) is 5.84 Å². The SMILES string of the molecule is CCCc1cccc(C(NN)c2sccc2CC)c1. The normalized spacial score (nSPS) is 12.6. The van der Waals surface area contributed by atoms with Gasteiger partial charge in [-0.05, 0) is 41.0 Å². The second-order valence-corrected chi connectivity index (χ2v) is 5.71. The van der Waals surface area contributed by atoms with Crippen LogP contribution in [0.15, 0.2) is 35.7 Å². The van der Waals surface area contributed by atoms with Crippen molar-refractivity contribution in [1.29, 1.82) is 0 Å². The predicted molar refractivity (Wildman–Crippen MR) is 83.3 cm³/mol. The highest BCUT2D eigenvalue weighted by Gasteiger charge is 2.17. The summed E-state index contributed by atoms with van der Waals surface area (Å²) in [6.07, 6.45) is 3.34. The molecule has 2 rings (SSSR count). The van der Waals surface area contributed by atoms with E-state index < -0.39 is 0 Å². The van der Waals surface area contributed by atoms with Gasteiger partial charge in [-0.25, -0.2) is 5.43 Å². The minimum Gasteiger partial charge on any atom is -0.271 e. The molecule has 1 heterocycles. The lowest BCUT2D eigenvalue weighted by Gasteiger charge is -2.17. The average molecular weight is 274 g/mol. The molecule has 0 fully saturated rings. The first-order valence-corrected chi connectivity index (χ1v) is 7.79. The van der Waals surface area contributed by atoms with Crippen LogP contribution in [-0.4, -0.2) is 0 Å². The molecule has 2 nitrogen and oxygen atoms in total. The minimum absolute atomic E-state index is 0.103. The number of nitrogens with one attached hydrogen (secondary N) is 1. The molecular formula is C16H22N2S. The Hall–Kier alpha value is -1.16. The van der Waals surface area contributed by atoms with Gasteiger partial charge in [0.2, 0.25) is 0 Å². The Balaban J connectivity index is 2.34. The van der Waals surface area contributed by atoms with Crippen LogP contribution in [0.5, 0.6) is 0 Å². The standard InChI is InChI=1S/C16H22N2S/c1-3-6-12-7-5-8-14(11-12)15(18-17)16-13(4-2)9-10-19-16/h5,7-11,15,18H,3-4,6,17H2,1-2H3. The van der Waals surface area contributed by atoms with Gasteiger partial charge in [0.1, 0.15) is 0 Å². The molecule has 0 aliphatic rings. The highest BCUT2D eigenvalue weighted by molar-refractivity contribution is 7.10. The maximum absolute atomic E-state index is 5.80. The van der Waals surface area contributed by atoms with E-state index >= 15 is 0 Å². The molecule has 0 radical (unpaired) electrons. The zero-order valence-electron chi connectivity index (χ0n) is 11.6. The van der Waals surface area contributed by atoms with Crippen LogP contribution in [0, 0.1) is 0 Å². The van der Waals surface area contributed by atoms with Gasteiger partial charge < -0.3 is 0 Å². The largest absolute Gasteiger partial charge is 0.271 e. The summed E-state index contributed by atoms with van der Waals surface area (Å²) in [5, 5.41) is 2.15. The first-order valence-electron chi connectivity index (χ1n) is 6.91. The van der Waals surface area contributed by atoms with Gasteiger partial charge in [0.15, 0.2) is 0 Å². The fourth-order valence-corrected chi connectivity index (χ4v) is 3.52. The van der Waals surface area contributed by atoms with Crippen LogP contribution in [0.25, 0.3) is 0 Å². The highest BCUT2D eigenvalue weighted by Crippen LogP contribution is 2.30. The first kappa shape index (κ1) is 14.3. The molecule has 19 heavy (non-hydrogen) atoms. The van der Waals surface area contributed by atoms with E-state index in [1.165, 1.54) is 28.0 Å². The van der Waals surface area contributed by atoms with Crippen LogP contribution in [0.4, 0.5) is 0 Å². The molecule has 0 bridgehead atoms. The quantitative estimate of drug-likeness (QED) is 0.621. The molecule has 1 aromatic heterocycles. The maximum atomic E-state index is 5.80. The Morgan fingerprint density at radius 1 is 1.26 bits per heavy atom. The van der Waals surface area contributed by atoms with Gasteiger partial charge in [0.05, 0.1) is 6.04 Å². The molecule has 3 N–H and O–H groups in total. The van der Waals surface area contributed by atoms with Gasteiger partial charge in [-0.15, -0.1) is 11.3 Å². The lowest BCUT2D eigenvalue weighted by atomic mass is 9.99. The van der Waals surface area contributed by atoms with Gasteiger partial charge in [-0.2, -0.15) is 0 Å². The van der Waals surface area contributed by atoms with Crippen molar-refractivity contribution in [2.45, 2.75) is 39.2 Å². The highest BCUT2D eigenvalue weighted by atomic mass is 32.1. The van der Waals surface area contributed by atoms with E-state index in [1.807, 2.05) is 0 Å². The molecule has 3 heteroatoms. The Kier molecular flexibility index (Phi) is 5.14. The molecule has 0 amide bonds. The van der Waals surface area contributed by atoms with Crippen molar-refractivity contribution in [3.63, 3.8) is 0 Å². The van der Waals surface area contributed by atoms with E-state index in [4.69, 9.17) is 5.84 Å². The molecule has 2 aromatic rings. The summed E-state index contributed by atoms with van der Waals surface area (Å²) in [5.74, 6) is 5.80. The first-order chi connectivity index (χ1) is 9.30. The van der Waals surface area contributed by atoms with E-state index in [9.17, 15) is 0 Å². The number of hydrazine groups is 1. The van der Waals surface area contributed by atoms with E-state index in [0.717, 1.165) is 12.8 Å².